The van der Waals surface area contributed by atoms with Gasteiger partial charge in [0.05, 0.1) is 0 Å². The molecule has 1 aromatic heterocycles. The molecule has 0 saturated heterocycles. The molecule has 2 rings (SSSR count). The Balaban J connectivity index is 1.94. The molecule has 1 amide bonds. The number of rotatable bonds is 4. The number of hydrogen-bond acceptors (Lipinski definition) is 4. The molecular weight excluding hydrogens is 268 g/mol. The van der Waals surface area contributed by atoms with Crippen molar-refractivity contribution in [1.29, 1.82) is 0 Å². The second-order valence-electron chi connectivity index (χ2n) is 4.43. The molecule has 2 aromatic rings. The van der Waals surface area contributed by atoms with Crippen LogP contribution in [0, 0.1) is 18.8 Å². The zero-order valence-corrected chi connectivity index (χ0v) is 11.7. The highest BCUT2D eigenvalue weighted by atomic mass is 16.2. The highest BCUT2D eigenvalue weighted by molar-refractivity contribution is 5.94. The predicted octanol–water partition coefficient (Wildman–Crippen LogP) is 0.429. The van der Waals surface area contributed by atoms with E-state index in [4.69, 9.17) is 5.11 Å². The average molecular weight is 284 g/mol. The summed E-state index contributed by atoms with van der Waals surface area (Å²) in [6.45, 7) is 2.19. The smallest absolute Gasteiger partial charge is 0.251 e. The average Bonchev–Trinajstić information content (AvgIpc) is 2.99. The van der Waals surface area contributed by atoms with Gasteiger partial charge >= 0.3 is 0 Å². The number of benzene rings is 1. The van der Waals surface area contributed by atoms with Gasteiger partial charge in [-0.05, 0) is 30.7 Å². The predicted molar refractivity (Wildman–Crippen MR) is 77.6 cm³/mol. The SMILES string of the molecule is Cc1cc(C(=O)NCCc2ncn[nH]2)ccc1C#CCO. The van der Waals surface area contributed by atoms with E-state index in [2.05, 4.69) is 32.3 Å². The molecule has 0 bridgehead atoms. The Morgan fingerprint density at radius 3 is 3.00 bits per heavy atom. The van der Waals surface area contributed by atoms with Gasteiger partial charge in [-0.15, -0.1) is 0 Å². The second-order valence-corrected chi connectivity index (χ2v) is 4.43. The van der Waals surface area contributed by atoms with E-state index in [1.165, 1.54) is 6.33 Å². The highest BCUT2D eigenvalue weighted by Crippen LogP contribution is 2.10. The summed E-state index contributed by atoms with van der Waals surface area (Å²) >= 11 is 0. The molecule has 0 saturated carbocycles. The summed E-state index contributed by atoms with van der Waals surface area (Å²) in [4.78, 5) is 16.0. The molecular formula is C15H16N4O2. The van der Waals surface area contributed by atoms with Crippen molar-refractivity contribution < 1.29 is 9.90 Å². The monoisotopic (exact) mass is 284 g/mol. The Labute approximate surface area is 122 Å². The zero-order chi connectivity index (χ0) is 15.1. The zero-order valence-electron chi connectivity index (χ0n) is 11.7. The van der Waals surface area contributed by atoms with E-state index in [0.717, 1.165) is 17.0 Å². The summed E-state index contributed by atoms with van der Waals surface area (Å²) in [6.07, 6.45) is 2.04. The third-order valence-corrected chi connectivity index (χ3v) is 2.90. The van der Waals surface area contributed by atoms with E-state index < -0.39 is 0 Å². The van der Waals surface area contributed by atoms with Crippen molar-refractivity contribution in [2.75, 3.05) is 13.2 Å². The lowest BCUT2D eigenvalue weighted by Crippen LogP contribution is -2.26. The first kappa shape index (κ1) is 14.8. The second kappa shape index (κ2) is 7.22. The molecule has 0 aliphatic rings. The molecule has 3 N–H and O–H groups in total. The van der Waals surface area contributed by atoms with Gasteiger partial charge in [-0.1, -0.05) is 11.8 Å². The third kappa shape index (κ3) is 4.16. The Morgan fingerprint density at radius 2 is 2.33 bits per heavy atom. The lowest BCUT2D eigenvalue weighted by molar-refractivity contribution is 0.0954. The van der Waals surface area contributed by atoms with Crippen molar-refractivity contribution in [1.82, 2.24) is 20.5 Å². The van der Waals surface area contributed by atoms with Crippen LogP contribution in [0.2, 0.25) is 0 Å². The Bertz CT molecular complexity index is 669. The number of aryl methyl sites for hydroxylation is 1. The van der Waals surface area contributed by atoms with Gasteiger partial charge < -0.3 is 10.4 Å². The van der Waals surface area contributed by atoms with Crippen molar-refractivity contribution >= 4 is 5.91 Å². The van der Waals surface area contributed by atoms with E-state index in [9.17, 15) is 4.79 Å². The van der Waals surface area contributed by atoms with Crippen LogP contribution in [0.3, 0.4) is 0 Å². The van der Waals surface area contributed by atoms with E-state index >= 15 is 0 Å². The van der Waals surface area contributed by atoms with Gasteiger partial charge in [0.25, 0.3) is 5.91 Å². The minimum Gasteiger partial charge on any atom is -0.384 e. The molecule has 0 aliphatic heterocycles. The fourth-order valence-electron chi connectivity index (χ4n) is 1.83. The molecule has 0 aliphatic carbocycles. The number of H-pyrrole nitrogens is 1. The third-order valence-electron chi connectivity index (χ3n) is 2.90. The topological polar surface area (TPSA) is 90.9 Å². The fourth-order valence-corrected chi connectivity index (χ4v) is 1.83. The first-order chi connectivity index (χ1) is 10.2. The van der Waals surface area contributed by atoms with Crippen molar-refractivity contribution in [3.63, 3.8) is 0 Å². The lowest BCUT2D eigenvalue weighted by atomic mass is 10.0. The number of carbonyl (C=O) groups is 1. The van der Waals surface area contributed by atoms with Gasteiger partial charge in [-0.2, -0.15) is 5.10 Å². The van der Waals surface area contributed by atoms with Crippen molar-refractivity contribution in [2.24, 2.45) is 0 Å². The number of nitrogens with one attached hydrogen (secondary N) is 2. The minimum absolute atomic E-state index is 0.140. The van der Waals surface area contributed by atoms with Crippen molar-refractivity contribution in [2.45, 2.75) is 13.3 Å². The number of hydrogen-bond donors (Lipinski definition) is 3. The fraction of sp³-hybridized carbons (Fsp3) is 0.267. The summed E-state index contributed by atoms with van der Waals surface area (Å²) in [6, 6.07) is 5.28. The first-order valence-corrected chi connectivity index (χ1v) is 6.53. The number of nitrogens with zero attached hydrogens (tertiary/aromatic N) is 2. The summed E-state index contributed by atoms with van der Waals surface area (Å²) in [5, 5.41) is 18.0. The molecule has 0 radical (unpaired) electrons. The summed E-state index contributed by atoms with van der Waals surface area (Å²) in [5.41, 5.74) is 2.29. The maximum Gasteiger partial charge on any atom is 0.251 e. The van der Waals surface area contributed by atoms with Gasteiger partial charge in [0.15, 0.2) is 0 Å². The Morgan fingerprint density at radius 1 is 1.48 bits per heavy atom. The highest BCUT2D eigenvalue weighted by Gasteiger charge is 2.07. The van der Waals surface area contributed by atoms with E-state index in [0.29, 0.717) is 18.5 Å². The van der Waals surface area contributed by atoms with Crippen LogP contribution in [0.5, 0.6) is 0 Å². The van der Waals surface area contributed by atoms with Gasteiger partial charge in [-0.25, -0.2) is 4.98 Å². The number of aromatic nitrogens is 3. The van der Waals surface area contributed by atoms with E-state index in [-0.39, 0.29) is 12.5 Å². The molecule has 0 unspecified atom stereocenters. The number of amides is 1. The van der Waals surface area contributed by atoms with E-state index in [1.54, 1.807) is 18.2 Å². The molecule has 0 spiro atoms. The molecule has 21 heavy (non-hydrogen) atoms. The lowest BCUT2D eigenvalue weighted by Gasteiger charge is -2.06. The summed E-state index contributed by atoms with van der Waals surface area (Å²) < 4.78 is 0. The maximum absolute atomic E-state index is 12.0. The van der Waals surface area contributed by atoms with Crippen LogP contribution >= 0.6 is 0 Å². The Hall–Kier alpha value is -2.65. The number of aliphatic hydroxyl groups excluding tert-OH is 1. The van der Waals surface area contributed by atoms with Gasteiger partial charge in [-0.3, -0.25) is 9.89 Å². The molecule has 1 heterocycles. The van der Waals surface area contributed by atoms with Crippen molar-refractivity contribution in [3.05, 3.63) is 47.0 Å². The standard InChI is InChI=1S/C15H16N4O2/c1-11-9-13(5-4-12(11)3-2-8-20)15(21)16-7-6-14-17-10-18-19-14/h4-5,9-10,20H,6-8H2,1H3,(H,16,21)(H,17,18,19). The molecule has 0 fully saturated rings. The van der Waals surface area contributed by atoms with Crippen LogP contribution in [-0.4, -0.2) is 39.3 Å². The van der Waals surface area contributed by atoms with Gasteiger partial charge in [0, 0.05) is 24.1 Å². The van der Waals surface area contributed by atoms with Crippen LogP contribution in [0.4, 0.5) is 0 Å². The summed E-state index contributed by atoms with van der Waals surface area (Å²) in [7, 11) is 0. The number of aliphatic hydroxyl groups is 1. The minimum atomic E-state index is -0.177. The molecule has 108 valence electrons. The quantitative estimate of drug-likeness (QED) is 0.710. The maximum atomic E-state index is 12.0. The molecule has 6 nitrogen and oxygen atoms in total. The van der Waals surface area contributed by atoms with Gasteiger partial charge in [0.2, 0.25) is 0 Å². The normalized spacial score (nSPS) is 9.81. The number of aromatic amines is 1. The van der Waals surface area contributed by atoms with E-state index in [1.807, 2.05) is 6.92 Å². The molecule has 0 atom stereocenters. The van der Waals surface area contributed by atoms with Crippen LogP contribution in [0.25, 0.3) is 0 Å². The van der Waals surface area contributed by atoms with Crippen LogP contribution < -0.4 is 5.32 Å². The first-order valence-electron chi connectivity index (χ1n) is 6.53. The van der Waals surface area contributed by atoms with Crippen LogP contribution in [-0.2, 0) is 6.42 Å². The van der Waals surface area contributed by atoms with Crippen LogP contribution in [0.15, 0.2) is 24.5 Å². The van der Waals surface area contributed by atoms with Gasteiger partial charge in [0.1, 0.15) is 18.8 Å². The van der Waals surface area contributed by atoms with Crippen molar-refractivity contribution in [3.8, 4) is 11.8 Å². The van der Waals surface area contributed by atoms with Crippen LogP contribution in [0.1, 0.15) is 27.3 Å². The molecule has 6 heteroatoms. The largest absolute Gasteiger partial charge is 0.384 e. The molecule has 1 aromatic carbocycles. The summed E-state index contributed by atoms with van der Waals surface area (Å²) in [5.74, 6) is 6.03. The Kier molecular flexibility index (Phi) is 5.07. The number of carbonyl (C=O) groups excluding carboxylic acids is 1.